The number of allylic oxidation sites excluding steroid dienone is 1. The lowest BCUT2D eigenvalue weighted by molar-refractivity contribution is -0.187. The summed E-state index contributed by atoms with van der Waals surface area (Å²) < 4.78 is 36.1. The van der Waals surface area contributed by atoms with Gasteiger partial charge in [-0.2, -0.15) is 13.2 Å². The van der Waals surface area contributed by atoms with E-state index in [1.54, 1.807) is 30.3 Å². The normalized spacial score (nSPS) is 15.1. The quantitative estimate of drug-likeness (QED) is 0.805. The van der Waals surface area contributed by atoms with Crippen LogP contribution in [-0.2, 0) is 0 Å². The van der Waals surface area contributed by atoms with Crippen molar-refractivity contribution in [3.8, 4) is 0 Å². The molecule has 1 rings (SSSR count). The molecule has 0 aliphatic carbocycles. The third-order valence-electron chi connectivity index (χ3n) is 1.97. The molecule has 1 aromatic rings. The van der Waals surface area contributed by atoms with Crippen LogP contribution in [0.4, 0.5) is 13.2 Å². The van der Waals surface area contributed by atoms with Gasteiger partial charge in [-0.15, -0.1) is 0 Å². The summed E-state index contributed by atoms with van der Waals surface area (Å²) in [7, 11) is 0. The van der Waals surface area contributed by atoms with Crippen molar-refractivity contribution in [2.75, 3.05) is 0 Å². The number of benzene rings is 1. The minimum absolute atomic E-state index is 0.403. The number of aliphatic hydroxyl groups is 1. The smallest absolute Gasteiger partial charge is 0.380 e. The predicted molar refractivity (Wildman–Crippen MR) is 52.2 cm³/mol. The van der Waals surface area contributed by atoms with Gasteiger partial charge in [0, 0.05) is 0 Å². The minimum Gasteiger partial charge on any atom is -0.380 e. The highest BCUT2D eigenvalue weighted by atomic mass is 19.4. The van der Waals surface area contributed by atoms with Crippen LogP contribution in [0, 0.1) is 0 Å². The molecule has 1 nitrogen and oxygen atoms in total. The predicted octanol–water partition coefficient (Wildman–Crippen LogP) is 3.01. The van der Waals surface area contributed by atoms with Crippen LogP contribution in [-0.4, -0.2) is 17.4 Å². The van der Waals surface area contributed by atoms with Crippen molar-refractivity contribution >= 4 is 5.57 Å². The van der Waals surface area contributed by atoms with Gasteiger partial charge in [-0.1, -0.05) is 30.3 Å². The fourth-order valence-corrected chi connectivity index (χ4v) is 1.13. The lowest BCUT2D eigenvalue weighted by atomic mass is 10.1. The molecule has 1 N–H and O–H groups in total. The maximum atomic E-state index is 12.0. The van der Waals surface area contributed by atoms with Crippen LogP contribution in [0.3, 0.4) is 0 Å². The summed E-state index contributed by atoms with van der Waals surface area (Å²) >= 11 is 0. The van der Waals surface area contributed by atoms with Crippen molar-refractivity contribution in [2.45, 2.75) is 19.2 Å². The molecule has 0 aliphatic rings. The van der Waals surface area contributed by atoms with E-state index in [1.807, 2.05) is 0 Å². The van der Waals surface area contributed by atoms with E-state index in [4.69, 9.17) is 5.11 Å². The largest absolute Gasteiger partial charge is 0.418 e. The van der Waals surface area contributed by atoms with Gasteiger partial charge in [0.2, 0.25) is 0 Å². The molecule has 82 valence electrons. The number of aliphatic hydroxyl groups excluding tert-OH is 1. The summed E-state index contributed by atoms with van der Waals surface area (Å²) in [6.45, 7) is 1.53. The van der Waals surface area contributed by atoms with E-state index < -0.39 is 12.3 Å². The van der Waals surface area contributed by atoms with Crippen molar-refractivity contribution in [3.05, 3.63) is 42.0 Å². The van der Waals surface area contributed by atoms with E-state index in [1.165, 1.54) is 6.92 Å². The van der Waals surface area contributed by atoms with E-state index in [0.29, 0.717) is 11.1 Å². The van der Waals surface area contributed by atoms with E-state index in [0.717, 1.165) is 6.08 Å². The average Bonchev–Trinajstić information content (AvgIpc) is 2.17. The van der Waals surface area contributed by atoms with Crippen LogP contribution in [0.1, 0.15) is 12.5 Å². The second-order valence-corrected chi connectivity index (χ2v) is 3.20. The molecular formula is C11H11F3O. The Hall–Kier alpha value is -1.29. The molecule has 0 spiro atoms. The fourth-order valence-electron chi connectivity index (χ4n) is 1.13. The van der Waals surface area contributed by atoms with Crippen LogP contribution >= 0.6 is 0 Å². The molecule has 0 unspecified atom stereocenters. The minimum atomic E-state index is -4.60. The van der Waals surface area contributed by atoms with Gasteiger partial charge >= 0.3 is 6.18 Å². The monoisotopic (exact) mass is 216 g/mol. The highest BCUT2D eigenvalue weighted by Crippen LogP contribution is 2.24. The number of hydrogen-bond donors (Lipinski definition) is 1. The van der Waals surface area contributed by atoms with Crippen molar-refractivity contribution in [2.24, 2.45) is 0 Å². The molecule has 4 heteroatoms. The molecule has 0 amide bonds. The molecule has 1 atom stereocenters. The molecule has 0 aromatic heterocycles. The third-order valence-corrected chi connectivity index (χ3v) is 1.97. The van der Waals surface area contributed by atoms with Gasteiger partial charge in [0.15, 0.2) is 6.10 Å². The number of halogens is 3. The van der Waals surface area contributed by atoms with E-state index in [-0.39, 0.29) is 0 Å². The zero-order valence-electron chi connectivity index (χ0n) is 8.12. The summed E-state index contributed by atoms with van der Waals surface area (Å²) in [4.78, 5) is 0. The Kier molecular flexibility index (Phi) is 3.52. The highest BCUT2D eigenvalue weighted by Gasteiger charge is 2.36. The summed E-state index contributed by atoms with van der Waals surface area (Å²) in [6, 6.07) is 8.61. The number of rotatable bonds is 2. The van der Waals surface area contributed by atoms with E-state index in [9.17, 15) is 13.2 Å². The van der Waals surface area contributed by atoms with Gasteiger partial charge in [0.1, 0.15) is 0 Å². The average molecular weight is 216 g/mol. The van der Waals surface area contributed by atoms with Crippen LogP contribution in [0.5, 0.6) is 0 Å². The first kappa shape index (κ1) is 11.8. The first-order valence-electron chi connectivity index (χ1n) is 4.40. The van der Waals surface area contributed by atoms with Crippen LogP contribution in [0.15, 0.2) is 36.4 Å². The van der Waals surface area contributed by atoms with Gasteiger partial charge in [-0.05, 0) is 24.1 Å². The zero-order valence-corrected chi connectivity index (χ0v) is 8.12. The fraction of sp³-hybridized carbons (Fsp3) is 0.273. The molecule has 0 fully saturated rings. The Bertz CT molecular complexity index is 341. The van der Waals surface area contributed by atoms with Crippen LogP contribution < -0.4 is 0 Å². The van der Waals surface area contributed by atoms with Gasteiger partial charge in [-0.25, -0.2) is 0 Å². The van der Waals surface area contributed by atoms with Crippen molar-refractivity contribution in [3.63, 3.8) is 0 Å². The second kappa shape index (κ2) is 4.49. The van der Waals surface area contributed by atoms with Crippen LogP contribution in [0.25, 0.3) is 5.57 Å². The maximum absolute atomic E-state index is 12.0. The van der Waals surface area contributed by atoms with Gasteiger partial charge in [-0.3, -0.25) is 0 Å². The summed E-state index contributed by atoms with van der Waals surface area (Å²) in [5, 5.41) is 8.82. The maximum Gasteiger partial charge on any atom is 0.418 e. The SMILES string of the molecule is C/C(=C\[C@@H](O)C(F)(F)F)c1ccccc1. The van der Waals surface area contributed by atoms with Crippen molar-refractivity contribution < 1.29 is 18.3 Å². The molecule has 0 bridgehead atoms. The first-order valence-corrected chi connectivity index (χ1v) is 4.40. The molecule has 15 heavy (non-hydrogen) atoms. The Balaban J connectivity index is 2.86. The van der Waals surface area contributed by atoms with Crippen LogP contribution in [0.2, 0.25) is 0 Å². The van der Waals surface area contributed by atoms with Crippen molar-refractivity contribution in [1.29, 1.82) is 0 Å². The van der Waals surface area contributed by atoms with Gasteiger partial charge < -0.3 is 5.11 Å². The summed E-state index contributed by atoms with van der Waals surface area (Å²) in [5.74, 6) is 0. The lowest BCUT2D eigenvalue weighted by Gasteiger charge is -2.11. The zero-order chi connectivity index (χ0) is 11.5. The second-order valence-electron chi connectivity index (χ2n) is 3.20. The topological polar surface area (TPSA) is 20.2 Å². The molecular weight excluding hydrogens is 205 g/mol. The Labute approximate surface area is 85.9 Å². The molecule has 0 saturated carbocycles. The van der Waals surface area contributed by atoms with E-state index >= 15 is 0 Å². The summed E-state index contributed by atoms with van der Waals surface area (Å²) in [5.41, 5.74) is 1.07. The molecule has 0 aliphatic heterocycles. The summed E-state index contributed by atoms with van der Waals surface area (Å²) in [6.07, 6.45) is -6.21. The Morgan fingerprint density at radius 2 is 1.80 bits per heavy atom. The van der Waals surface area contributed by atoms with Gasteiger partial charge in [0.05, 0.1) is 0 Å². The standard InChI is InChI=1S/C11H11F3O/c1-8(7-10(15)11(12,13)14)9-5-3-2-4-6-9/h2-7,10,15H,1H3/b8-7+/t10-/m1/s1. The first-order chi connectivity index (χ1) is 6.91. The Morgan fingerprint density at radius 1 is 1.27 bits per heavy atom. The van der Waals surface area contributed by atoms with Crippen molar-refractivity contribution in [1.82, 2.24) is 0 Å². The molecule has 0 heterocycles. The molecule has 1 aromatic carbocycles. The number of alkyl halides is 3. The third kappa shape index (κ3) is 3.40. The lowest BCUT2D eigenvalue weighted by Crippen LogP contribution is -2.26. The van der Waals surface area contributed by atoms with Gasteiger partial charge in [0.25, 0.3) is 0 Å². The highest BCUT2D eigenvalue weighted by molar-refractivity contribution is 5.63. The molecule has 0 saturated heterocycles. The molecule has 0 radical (unpaired) electrons. The van der Waals surface area contributed by atoms with E-state index in [2.05, 4.69) is 0 Å². The Morgan fingerprint density at radius 3 is 2.27 bits per heavy atom. The number of hydrogen-bond acceptors (Lipinski definition) is 1.